The molecule has 2 atom stereocenters. The highest BCUT2D eigenvalue weighted by atomic mass is 19.1. The molecule has 1 aliphatic rings. The molecule has 0 aromatic heterocycles. The van der Waals surface area contributed by atoms with E-state index >= 15 is 0 Å². The number of piperidine rings is 1. The third-order valence-electron chi connectivity index (χ3n) is 3.42. The molecule has 2 rings (SSSR count). The maximum Gasteiger partial charge on any atom is 0.238 e. The van der Waals surface area contributed by atoms with Crippen molar-refractivity contribution in [2.45, 2.75) is 20.3 Å². The maximum atomic E-state index is 13.0. The molecule has 104 valence electrons. The first-order valence-electron chi connectivity index (χ1n) is 6.80. The first-order valence-corrected chi connectivity index (χ1v) is 6.80. The molecule has 1 saturated heterocycles. The Bertz CT molecular complexity index is 440. The summed E-state index contributed by atoms with van der Waals surface area (Å²) in [5.74, 6) is 0.848. The summed E-state index contributed by atoms with van der Waals surface area (Å²) >= 11 is 0. The number of likely N-dealkylation sites (tertiary alicyclic amines) is 1. The molecule has 1 amide bonds. The van der Waals surface area contributed by atoms with Gasteiger partial charge in [-0.2, -0.15) is 0 Å². The van der Waals surface area contributed by atoms with Crippen molar-refractivity contribution in [2.24, 2.45) is 11.8 Å². The van der Waals surface area contributed by atoms with E-state index in [4.69, 9.17) is 0 Å². The number of amides is 1. The van der Waals surface area contributed by atoms with Crippen molar-refractivity contribution in [2.75, 3.05) is 25.0 Å². The number of hydrogen-bond donors (Lipinski definition) is 1. The van der Waals surface area contributed by atoms with Gasteiger partial charge in [0.1, 0.15) is 5.82 Å². The van der Waals surface area contributed by atoms with Crippen LogP contribution < -0.4 is 5.32 Å². The van der Waals surface area contributed by atoms with Crippen LogP contribution in [0, 0.1) is 17.7 Å². The number of nitrogens with zero attached hydrogens (tertiary/aromatic N) is 1. The van der Waals surface area contributed by atoms with Crippen molar-refractivity contribution in [1.82, 2.24) is 4.90 Å². The summed E-state index contributed by atoms with van der Waals surface area (Å²) in [6, 6.07) is 5.99. The lowest BCUT2D eigenvalue weighted by atomic mass is 9.92. The number of carbonyl (C=O) groups is 1. The first kappa shape index (κ1) is 14.0. The molecule has 0 saturated carbocycles. The topological polar surface area (TPSA) is 32.3 Å². The van der Waals surface area contributed by atoms with Gasteiger partial charge >= 0.3 is 0 Å². The van der Waals surface area contributed by atoms with E-state index in [1.165, 1.54) is 18.6 Å². The second kappa shape index (κ2) is 6.15. The van der Waals surface area contributed by atoms with Crippen molar-refractivity contribution in [3.63, 3.8) is 0 Å². The van der Waals surface area contributed by atoms with Crippen LogP contribution in [-0.2, 0) is 4.79 Å². The molecular weight excluding hydrogens is 243 g/mol. The predicted octanol–water partition coefficient (Wildman–Crippen LogP) is 2.74. The SMILES string of the molecule is CC1CC(C)CN(CC(=O)Nc2cccc(F)c2)C1. The molecule has 0 aliphatic carbocycles. The molecule has 1 N–H and O–H groups in total. The fourth-order valence-corrected chi connectivity index (χ4v) is 2.89. The van der Waals surface area contributed by atoms with Gasteiger partial charge in [0.05, 0.1) is 6.54 Å². The summed E-state index contributed by atoms with van der Waals surface area (Å²) < 4.78 is 13.0. The van der Waals surface area contributed by atoms with Crippen molar-refractivity contribution >= 4 is 11.6 Å². The fourth-order valence-electron chi connectivity index (χ4n) is 2.89. The lowest BCUT2D eigenvalue weighted by Gasteiger charge is -2.34. The minimum atomic E-state index is -0.335. The largest absolute Gasteiger partial charge is 0.325 e. The Hall–Kier alpha value is -1.42. The van der Waals surface area contributed by atoms with Crippen molar-refractivity contribution in [3.05, 3.63) is 30.1 Å². The summed E-state index contributed by atoms with van der Waals surface area (Å²) in [6.45, 7) is 6.73. The standard InChI is InChI=1S/C15H21FN2O/c1-11-6-12(2)9-18(8-11)10-15(19)17-14-5-3-4-13(16)7-14/h3-5,7,11-12H,6,8-10H2,1-2H3,(H,17,19). The molecule has 0 radical (unpaired) electrons. The van der Waals surface area contributed by atoms with Gasteiger partial charge in [0.2, 0.25) is 5.91 Å². The summed E-state index contributed by atoms with van der Waals surface area (Å²) in [7, 11) is 0. The van der Waals surface area contributed by atoms with Crippen LogP contribution >= 0.6 is 0 Å². The Balaban J connectivity index is 1.87. The molecule has 1 aromatic rings. The fraction of sp³-hybridized carbons (Fsp3) is 0.533. The van der Waals surface area contributed by atoms with Gasteiger partial charge in [-0.15, -0.1) is 0 Å². The third kappa shape index (κ3) is 4.31. The van der Waals surface area contributed by atoms with E-state index in [1.807, 2.05) is 0 Å². The molecular formula is C15H21FN2O. The Morgan fingerprint density at radius 2 is 2.05 bits per heavy atom. The number of nitrogens with one attached hydrogen (secondary N) is 1. The van der Waals surface area contributed by atoms with Gasteiger partial charge in [0, 0.05) is 18.8 Å². The summed E-state index contributed by atoms with van der Waals surface area (Å²) in [5.41, 5.74) is 0.517. The summed E-state index contributed by atoms with van der Waals surface area (Å²) in [6.07, 6.45) is 1.22. The average Bonchev–Trinajstić information content (AvgIpc) is 2.26. The van der Waals surface area contributed by atoms with Crippen LogP contribution in [0.25, 0.3) is 0 Å². The Morgan fingerprint density at radius 1 is 1.37 bits per heavy atom. The highest BCUT2D eigenvalue weighted by Gasteiger charge is 2.23. The first-order chi connectivity index (χ1) is 9.02. The molecule has 2 unspecified atom stereocenters. The van der Waals surface area contributed by atoms with Crippen LogP contribution in [0.1, 0.15) is 20.3 Å². The quantitative estimate of drug-likeness (QED) is 0.910. The third-order valence-corrected chi connectivity index (χ3v) is 3.42. The van der Waals surface area contributed by atoms with Crippen LogP contribution in [-0.4, -0.2) is 30.4 Å². The van der Waals surface area contributed by atoms with Gasteiger partial charge in [-0.25, -0.2) is 4.39 Å². The van der Waals surface area contributed by atoms with Gasteiger partial charge in [-0.05, 0) is 36.5 Å². The summed E-state index contributed by atoms with van der Waals surface area (Å²) in [4.78, 5) is 14.1. The van der Waals surface area contributed by atoms with Gasteiger partial charge in [-0.1, -0.05) is 19.9 Å². The smallest absolute Gasteiger partial charge is 0.238 e. The highest BCUT2D eigenvalue weighted by Crippen LogP contribution is 2.20. The van der Waals surface area contributed by atoms with Crippen LogP contribution in [0.2, 0.25) is 0 Å². The zero-order valence-corrected chi connectivity index (χ0v) is 11.5. The lowest BCUT2D eigenvalue weighted by Crippen LogP contribution is -2.42. The summed E-state index contributed by atoms with van der Waals surface area (Å²) in [5, 5.41) is 2.74. The van der Waals surface area contributed by atoms with Crippen LogP contribution in [0.3, 0.4) is 0 Å². The number of halogens is 1. The molecule has 4 heteroatoms. The molecule has 19 heavy (non-hydrogen) atoms. The Kier molecular flexibility index (Phi) is 4.53. The number of rotatable bonds is 3. The van der Waals surface area contributed by atoms with E-state index < -0.39 is 0 Å². The molecule has 0 spiro atoms. The molecule has 1 aromatic carbocycles. The molecule has 1 fully saturated rings. The zero-order valence-electron chi connectivity index (χ0n) is 11.5. The van der Waals surface area contributed by atoms with E-state index in [9.17, 15) is 9.18 Å². The maximum absolute atomic E-state index is 13.0. The second-order valence-electron chi connectivity index (χ2n) is 5.70. The van der Waals surface area contributed by atoms with Gasteiger partial charge in [-0.3, -0.25) is 9.69 Å². The molecule has 1 heterocycles. The number of benzene rings is 1. The lowest BCUT2D eigenvalue weighted by molar-refractivity contribution is -0.117. The monoisotopic (exact) mass is 264 g/mol. The van der Waals surface area contributed by atoms with Gasteiger partial charge < -0.3 is 5.32 Å². The zero-order chi connectivity index (χ0) is 13.8. The van der Waals surface area contributed by atoms with Crippen LogP contribution in [0.15, 0.2) is 24.3 Å². The minimum absolute atomic E-state index is 0.0769. The van der Waals surface area contributed by atoms with E-state index in [0.29, 0.717) is 24.1 Å². The predicted molar refractivity (Wildman–Crippen MR) is 74.4 cm³/mol. The van der Waals surface area contributed by atoms with E-state index in [1.54, 1.807) is 12.1 Å². The van der Waals surface area contributed by atoms with E-state index in [-0.39, 0.29) is 11.7 Å². The number of carbonyl (C=O) groups excluding carboxylic acids is 1. The van der Waals surface area contributed by atoms with Crippen LogP contribution in [0.4, 0.5) is 10.1 Å². The Labute approximate surface area is 113 Å². The van der Waals surface area contributed by atoms with E-state index in [0.717, 1.165) is 13.1 Å². The van der Waals surface area contributed by atoms with Crippen molar-refractivity contribution in [1.29, 1.82) is 0 Å². The van der Waals surface area contributed by atoms with Gasteiger partial charge in [0.25, 0.3) is 0 Å². The highest BCUT2D eigenvalue weighted by molar-refractivity contribution is 5.92. The van der Waals surface area contributed by atoms with Crippen molar-refractivity contribution in [3.8, 4) is 0 Å². The van der Waals surface area contributed by atoms with Crippen molar-refractivity contribution < 1.29 is 9.18 Å². The minimum Gasteiger partial charge on any atom is -0.325 e. The van der Waals surface area contributed by atoms with E-state index in [2.05, 4.69) is 24.1 Å². The molecule has 3 nitrogen and oxygen atoms in total. The van der Waals surface area contributed by atoms with Gasteiger partial charge in [0.15, 0.2) is 0 Å². The molecule has 1 aliphatic heterocycles. The molecule has 0 bridgehead atoms. The average molecular weight is 264 g/mol. The number of anilines is 1. The number of hydrogen-bond acceptors (Lipinski definition) is 2. The second-order valence-corrected chi connectivity index (χ2v) is 5.70. The Morgan fingerprint density at radius 3 is 2.68 bits per heavy atom. The van der Waals surface area contributed by atoms with Crippen LogP contribution in [0.5, 0.6) is 0 Å². The normalized spacial score (nSPS) is 24.2.